The van der Waals surface area contributed by atoms with Crippen molar-refractivity contribution in [3.63, 3.8) is 0 Å². The molecule has 0 radical (unpaired) electrons. The van der Waals surface area contributed by atoms with E-state index in [9.17, 15) is 0 Å². The van der Waals surface area contributed by atoms with Crippen molar-refractivity contribution >= 4 is 0 Å². The summed E-state index contributed by atoms with van der Waals surface area (Å²) in [6.07, 6.45) is 7.56. The molecule has 0 spiro atoms. The lowest BCUT2D eigenvalue weighted by Gasteiger charge is -2.23. The molecule has 0 heteroatoms. The van der Waals surface area contributed by atoms with Gasteiger partial charge < -0.3 is 0 Å². The first-order valence-electron chi connectivity index (χ1n) is 4.72. The molecule has 0 nitrogen and oxygen atoms in total. The van der Waals surface area contributed by atoms with Gasteiger partial charge in [-0.1, -0.05) is 26.7 Å². The molecule has 0 amide bonds. The molecule has 2 saturated carbocycles. The van der Waals surface area contributed by atoms with Crippen LogP contribution in [0.25, 0.3) is 0 Å². The van der Waals surface area contributed by atoms with Crippen molar-refractivity contribution < 1.29 is 0 Å². The minimum atomic E-state index is 0.777. The largest absolute Gasteiger partial charge is 0.0622 e. The normalized spacial score (nSPS) is 43.8. The van der Waals surface area contributed by atoms with Crippen molar-refractivity contribution in [2.45, 2.75) is 46.0 Å². The average molecular weight is 138 g/mol. The first-order chi connectivity index (χ1) is 4.72. The van der Waals surface area contributed by atoms with Crippen molar-refractivity contribution in [3.05, 3.63) is 0 Å². The van der Waals surface area contributed by atoms with Crippen molar-refractivity contribution in [2.24, 2.45) is 17.3 Å². The van der Waals surface area contributed by atoms with E-state index >= 15 is 0 Å². The third kappa shape index (κ3) is 0.889. The molecule has 0 aromatic rings. The summed E-state index contributed by atoms with van der Waals surface area (Å²) in [4.78, 5) is 0. The Hall–Kier alpha value is 0. The fraction of sp³-hybridized carbons (Fsp3) is 1.00. The summed E-state index contributed by atoms with van der Waals surface area (Å²) >= 11 is 0. The summed E-state index contributed by atoms with van der Waals surface area (Å²) in [5.41, 5.74) is 0.777. The maximum absolute atomic E-state index is 2.51. The Morgan fingerprint density at radius 2 is 1.70 bits per heavy atom. The minimum absolute atomic E-state index is 0.777. The number of hydrogen-bond acceptors (Lipinski definition) is 0. The van der Waals surface area contributed by atoms with Crippen LogP contribution in [-0.4, -0.2) is 0 Å². The van der Waals surface area contributed by atoms with Crippen LogP contribution < -0.4 is 0 Å². The molecular formula is C10H18. The highest BCUT2D eigenvalue weighted by Gasteiger charge is 2.48. The Morgan fingerprint density at radius 1 is 1.20 bits per heavy atom. The minimum Gasteiger partial charge on any atom is -0.0622 e. The third-order valence-corrected chi connectivity index (χ3v) is 3.75. The topological polar surface area (TPSA) is 0 Å². The Labute approximate surface area is 64.0 Å². The first kappa shape index (κ1) is 6.69. The molecule has 2 fully saturated rings. The number of hydrogen-bond donors (Lipinski definition) is 0. The lowest BCUT2D eigenvalue weighted by atomic mass is 9.82. The van der Waals surface area contributed by atoms with Crippen LogP contribution >= 0.6 is 0 Å². The Kier molecular flexibility index (Phi) is 1.33. The highest BCUT2D eigenvalue weighted by molar-refractivity contribution is 4.98. The fourth-order valence-electron chi connectivity index (χ4n) is 2.85. The molecule has 2 atom stereocenters. The Morgan fingerprint density at radius 3 is 2.10 bits per heavy atom. The van der Waals surface area contributed by atoms with Crippen LogP contribution in [0.15, 0.2) is 0 Å². The van der Waals surface area contributed by atoms with Gasteiger partial charge in [0.2, 0.25) is 0 Å². The summed E-state index contributed by atoms with van der Waals surface area (Å²) in [5.74, 6) is 2.16. The predicted molar refractivity (Wildman–Crippen MR) is 43.8 cm³/mol. The molecule has 2 aliphatic carbocycles. The van der Waals surface area contributed by atoms with Crippen molar-refractivity contribution in [2.75, 3.05) is 0 Å². The monoisotopic (exact) mass is 138 g/mol. The van der Waals surface area contributed by atoms with Gasteiger partial charge >= 0.3 is 0 Å². The van der Waals surface area contributed by atoms with E-state index in [1.807, 2.05) is 0 Å². The highest BCUT2D eigenvalue weighted by atomic mass is 14.5. The zero-order valence-corrected chi connectivity index (χ0v) is 7.19. The van der Waals surface area contributed by atoms with Crippen LogP contribution in [0, 0.1) is 17.3 Å². The van der Waals surface area contributed by atoms with E-state index in [4.69, 9.17) is 0 Å². The molecule has 10 heavy (non-hydrogen) atoms. The van der Waals surface area contributed by atoms with Crippen LogP contribution in [0.3, 0.4) is 0 Å². The van der Waals surface area contributed by atoms with Crippen LogP contribution in [0.2, 0.25) is 0 Å². The zero-order chi connectivity index (χ0) is 7.19. The summed E-state index contributed by atoms with van der Waals surface area (Å²) in [5, 5.41) is 0. The van der Waals surface area contributed by atoms with Gasteiger partial charge in [-0.05, 0) is 36.5 Å². The summed E-state index contributed by atoms with van der Waals surface area (Å²) in [6.45, 7) is 4.92. The second kappa shape index (κ2) is 1.99. The molecule has 58 valence electrons. The molecule has 0 aromatic heterocycles. The molecule has 2 unspecified atom stereocenters. The van der Waals surface area contributed by atoms with Crippen LogP contribution in [-0.2, 0) is 0 Å². The number of rotatable bonds is 1. The molecule has 0 bridgehead atoms. The van der Waals surface area contributed by atoms with Gasteiger partial charge in [0.15, 0.2) is 0 Å². The smallest absolute Gasteiger partial charge is 0.0295 e. The summed E-state index contributed by atoms with van der Waals surface area (Å²) in [6, 6.07) is 0. The van der Waals surface area contributed by atoms with Crippen molar-refractivity contribution in [1.29, 1.82) is 0 Å². The molecule has 0 N–H and O–H groups in total. The summed E-state index contributed by atoms with van der Waals surface area (Å²) < 4.78 is 0. The van der Waals surface area contributed by atoms with E-state index < -0.39 is 0 Å². The van der Waals surface area contributed by atoms with Gasteiger partial charge in [0.1, 0.15) is 0 Å². The standard InChI is InChI=1S/C10H18/c1-8-7-9(8)10(2)5-3-4-6-10/h8-9H,3-7H2,1-2H3. The van der Waals surface area contributed by atoms with E-state index in [1.165, 1.54) is 32.1 Å². The van der Waals surface area contributed by atoms with Gasteiger partial charge in [0.05, 0.1) is 0 Å². The zero-order valence-electron chi connectivity index (χ0n) is 7.19. The first-order valence-corrected chi connectivity index (χ1v) is 4.72. The van der Waals surface area contributed by atoms with Gasteiger partial charge in [-0.2, -0.15) is 0 Å². The predicted octanol–water partition coefficient (Wildman–Crippen LogP) is 3.22. The molecule has 0 heterocycles. The van der Waals surface area contributed by atoms with Gasteiger partial charge in [-0.15, -0.1) is 0 Å². The average Bonchev–Trinajstić information content (AvgIpc) is 2.44. The molecule has 2 aliphatic rings. The van der Waals surface area contributed by atoms with Crippen LogP contribution in [0.5, 0.6) is 0 Å². The van der Waals surface area contributed by atoms with Crippen molar-refractivity contribution in [3.8, 4) is 0 Å². The van der Waals surface area contributed by atoms with Gasteiger partial charge in [-0.3, -0.25) is 0 Å². The van der Waals surface area contributed by atoms with Crippen LogP contribution in [0.1, 0.15) is 46.0 Å². The van der Waals surface area contributed by atoms with E-state index in [2.05, 4.69) is 13.8 Å². The van der Waals surface area contributed by atoms with Crippen LogP contribution in [0.4, 0.5) is 0 Å². The Balaban J connectivity index is 2.01. The van der Waals surface area contributed by atoms with Gasteiger partial charge in [0.25, 0.3) is 0 Å². The van der Waals surface area contributed by atoms with E-state index in [1.54, 1.807) is 0 Å². The summed E-state index contributed by atoms with van der Waals surface area (Å²) in [7, 11) is 0. The maximum atomic E-state index is 2.51. The Bertz CT molecular complexity index is 131. The quantitative estimate of drug-likeness (QED) is 0.522. The molecule has 0 aromatic carbocycles. The maximum Gasteiger partial charge on any atom is -0.0295 e. The molecule has 0 aliphatic heterocycles. The van der Waals surface area contributed by atoms with Gasteiger partial charge in [-0.25, -0.2) is 0 Å². The van der Waals surface area contributed by atoms with E-state index in [0.29, 0.717) is 0 Å². The highest BCUT2D eigenvalue weighted by Crippen LogP contribution is 2.57. The molecular weight excluding hydrogens is 120 g/mol. The molecule has 0 saturated heterocycles. The van der Waals surface area contributed by atoms with Gasteiger partial charge in [0, 0.05) is 0 Å². The SMILES string of the molecule is CC1CC1C1(C)CCCC1. The van der Waals surface area contributed by atoms with E-state index in [0.717, 1.165) is 17.3 Å². The fourth-order valence-corrected chi connectivity index (χ4v) is 2.85. The third-order valence-electron chi connectivity index (χ3n) is 3.75. The lowest BCUT2D eigenvalue weighted by molar-refractivity contribution is 0.270. The van der Waals surface area contributed by atoms with Crippen molar-refractivity contribution in [1.82, 2.24) is 0 Å². The second-order valence-corrected chi connectivity index (χ2v) is 4.68. The second-order valence-electron chi connectivity index (χ2n) is 4.68. The van der Waals surface area contributed by atoms with E-state index in [-0.39, 0.29) is 0 Å². The molecule has 2 rings (SSSR count). The lowest BCUT2D eigenvalue weighted by Crippen LogP contribution is -2.14.